The highest BCUT2D eigenvalue weighted by atomic mass is 35.5. The third-order valence-corrected chi connectivity index (χ3v) is 7.95. The monoisotopic (exact) mass is 569 g/mol. The van der Waals surface area contributed by atoms with E-state index in [0.717, 1.165) is 30.4 Å². The van der Waals surface area contributed by atoms with E-state index in [-0.39, 0.29) is 30.1 Å². The molecule has 0 radical (unpaired) electrons. The predicted octanol–water partition coefficient (Wildman–Crippen LogP) is 1.60. The molecule has 214 valence electrons. The fourth-order valence-corrected chi connectivity index (χ4v) is 5.90. The molecule has 2 unspecified atom stereocenters. The largest absolute Gasteiger partial charge is 0.356 e. The fourth-order valence-electron chi connectivity index (χ4n) is 5.79. The SMILES string of the molecule is CC(C)(C)C(Nc1ncncc1F)C(=O)N1C[C@@H]2CCC[C@@H]2[C@H]1C(=O)NN(C[C@@H]1CCNC1=O)C(=O)C(F)Cl. The van der Waals surface area contributed by atoms with Crippen molar-refractivity contribution in [1.29, 1.82) is 0 Å². The van der Waals surface area contributed by atoms with Gasteiger partial charge in [0, 0.05) is 13.1 Å². The van der Waals surface area contributed by atoms with E-state index in [0.29, 0.717) is 25.9 Å². The van der Waals surface area contributed by atoms with Crippen molar-refractivity contribution < 1.29 is 28.0 Å². The van der Waals surface area contributed by atoms with Crippen LogP contribution in [0.1, 0.15) is 46.5 Å². The van der Waals surface area contributed by atoms with Gasteiger partial charge in [0.15, 0.2) is 11.6 Å². The number of carbonyl (C=O) groups excluding carboxylic acids is 4. The highest BCUT2D eigenvalue weighted by Gasteiger charge is 2.52. The lowest BCUT2D eigenvalue weighted by molar-refractivity contribution is -0.149. The molecule has 0 bridgehead atoms. The number of halogens is 3. The smallest absolute Gasteiger partial charge is 0.291 e. The molecule has 1 aromatic heterocycles. The molecule has 2 saturated heterocycles. The number of aromatic nitrogens is 2. The van der Waals surface area contributed by atoms with Gasteiger partial charge >= 0.3 is 0 Å². The van der Waals surface area contributed by atoms with Crippen LogP contribution in [0, 0.1) is 29.0 Å². The van der Waals surface area contributed by atoms with Crippen LogP contribution in [-0.2, 0) is 19.2 Å². The van der Waals surface area contributed by atoms with Crippen LogP contribution in [0.5, 0.6) is 0 Å². The standard InChI is InChI=1S/C25H34ClF2N7O4/c1-25(2,3)18(32-20-16(27)9-29-12-31-20)23(38)34-10-13-5-4-6-15(13)17(34)22(37)33-35(24(39)19(26)28)11-14-7-8-30-21(14)36/h9,12-15,17-19H,4-8,10-11H2,1-3H3,(H,30,36)(H,33,37)(H,29,31,32)/t13-,14-,15-,17-,18?,19?/m0/s1. The van der Waals surface area contributed by atoms with Crippen LogP contribution >= 0.6 is 11.6 Å². The zero-order chi connectivity index (χ0) is 28.5. The number of anilines is 1. The van der Waals surface area contributed by atoms with Crippen molar-refractivity contribution in [1.82, 2.24) is 30.6 Å². The zero-order valence-electron chi connectivity index (χ0n) is 22.1. The molecule has 0 aromatic carbocycles. The average Bonchev–Trinajstić information content (AvgIpc) is 3.57. The van der Waals surface area contributed by atoms with Crippen molar-refractivity contribution in [2.45, 2.75) is 64.2 Å². The van der Waals surface area contributed by atoms with E-state index in [1.807, 2.05) is 20.8 Å². The summed E-state index contributed by atoms with van der Waals surface area (Å²) in [6, 6.07) is -1.90. The Balaban J connectivity index is 1.59. The second kappa shape index (κ2) is 11.6. The molecule has 3 fully saturated rings. The summed E-state index contributed by atoms with van der Waals surface area (Å²) in [5.74, 6) is -4.20. The van der Waals surface area contributed by atoms with Gasteiger partial charge in [-0.25, -0.2) is 23.8 Å². The number of fused-ring (bicyclic) bond motifs is 1. The third-order valence-electron chi connectivity index (χ3n) is 7.77. The van der Waals surface area contributed by atoms with Gasteiger partial charge in [-0.1, -0.05) is 38.8 Å². The lowest BCUT2D eigenvalue weighted by Gasteiger charge is -2.37. The van der Waals surface area contributed by atoms with E-state index < -0.39 is 52.6 Å². The van der Waals surface area contributed by atoms with Gasteiger partial charge < -0.3 is 15.5 Å². The summed E-state index contributed by atoms with van der Waals surface area (Å²) >= 11 is 5.41. The summed E-state index contributed by atoms with van der Waals surface area (Å²) in [6.45, 7) is 5.88. The lowest BCUT2D eigenvalue weighted by atomic mass is 9.85. The molecular weight excluding hydrogens is 536 g/mol. The van der Waals surface area contributed by atoms with Crippen molar-refractivity contribution in [3.8, 4) is 0 Å². The summed E-state index contributed by atoms with van der Waals surface area (Å²) in [5.41, 5.74) is -0.660. The average molecular weight is 570 g/mol. The number of hydrogen-bond donors (Lipinski definition) is 3. The maximum atomic E-state index is 14.4. The Hall–Kier alpha value is -3.09. The summed E-state index contributed by atoms with van der Waals surface area (Å²) in [5, 5.41) is 6.28. The normalized spacial score (nSPS) is 26.0. The van der Waals surface area contributed by atoms with Crippen LogP contribution < -0.4 is 16.1 Å². The van der Waals surface area contributed by atoms with Crippen molar-refractivity contribution >= 4 is 41.0 Å². The van der Waals surface area contributed by atoms with Crippen LogP contribution in [0.25, 0.3) is 0 Å². The van der Waals surface area contributed by atoms with Gasteiger partial charge in [0.05, 0.1) is 18.7 Å². The number of nitrogens with zero attached hydrogens (tertiary/aromatic N) is 4. The van der Waals surface area contributed by atoms with Gasteiger partial charge in [-0.15, -0.1) is 0 Å². The molecular formula is C25H34ClF2N7O4. The number of nitrogens with one attached hydrogen (secondary N) is 3. The molecule has 39 heavy (non-hydrogen) atoms. The maximum Gasteiger partial charge on any atom is 0.291 e. The zero-order valence-corrected chi connectivity index (χ0v) is 22.9. The van der Waals surface area contributed by atoms with E-state index in [2.05, 4.69) is 26.0 Å². The van der Waals surface area contributed by atoms with Crippen LogP contribution in [0.2, 0.25) is 0 Å². The van der Waals surface area contributed by atoms with Crippen LogP contribution in [0.3, 0.4) is 0 Å². The molecule has 14 heteroatoms. The second-order valence-electron chi connectivity index (χ2n) is 11.5. The van der Waals surface area contributed by atoms with E-state index in [1.54, 1.807) is 0 Å². The van der Waals surface area contributed by atoms with Gasteiger partial charge in [-0.05, 0) is 36.5 Å². The molecule has 4 rings (SSSR count). The number of rotatable bonds is 7. The Morgan fingerprint density at radius 3 is 2.64 bits per heavy atom. The van der Waals surface area contributed by atoms with Gasteiger partial charge in [-0.2, -0.15) is 0 Å². The summed E-state index contributed by atoms with van der Waals surface area (Å²) < 4.78 is 28.2. The van der Waals surface area contributed by atoms with Gasteiger partial charge in [-0.3, -0.25) is 24.6 Å². The van der Waals surface area contributed by atoms with Crippen molar-refractivity contribution in [3.05, 3.63) is 18.3 Å². The van der Waals surface area contributed by atoms with E-state index in [9.17, 15) is 28.0 Å². The minimum Gasteiger partial charge on any atom is -0.356 e. The van der Waals surface area contributed by atoms with Crippen LogP contribution in [0.4, 0.5) is 14.6 Å². The topological polar surface area (TPSA) is 137 Å². The molecule has 3 N–H and O–H groups in total. The molecule has 6 atom stereocenters. The first kappa shape index (κ1) is 28.9. The molecule has 1 aliphatic carbocycles. The number of carbonyl (C=O) groups is 4. The first-order valence-corrected chi connectivity index (χ1v) is 13.5. The Labute approximate surface area is 230 Å². The van der Waals surface area contributed by atoms with Crippen molar-refractivity contribution in [2.75, 3.05) is 25.0 Å². The predicted molar refractivity (Wildman–Crippen MR) is 137 cm³/mol. The summed E-state index contributed by atoms with van der Waals surface area (Å²) in [6.07, 6.45) is 4.97. The third kappa shape index (κ3) is 6.23. The molecule has 3 aliphatic rings. The van der Waals surface area contributed by atoms with E-state index in [1.165, 1.54) is 4.90 Å². The first-order valence-electron chi connectivity index (χ1n) is 13.1. The second-order valence-corrected chi connectivity index (χ2v) is 11.8. The Morgan fingerprint density at radius 2 is 2.03 bits per heavy atom. The van der Waals surface area contributed by atoms with E-state index >= 15 is 0 Å². The number of alkyl halides is 2. The highest BCUT2D eigenvalue weighted by Crippen LogP contribution is 2.43. The van der Waals surface area contributed by atoms with Gasteiger partial charge in [0.1, 0.15) is 18.4 Å². The molecule has 0 spiro atoms. The highest BCUT2D eigenvalue weighted by molar-refractivity contribution is 6.29. The number of likely N-dealkylation sites (tertiary alicyclic amines) is 1. The Morgan fingerprint density at radius 1 is 1.28 bits per heavy atom. The molecule has 1 aromatic rings. The molecule has 3 heterocycles. The van der Waals surface area contributed by atoms with Gasteiger partial charge in [0.2, 0.25) is 11.8 Å². The number of hydrogen-bond acceptors (Lipinski definition) is 7. The summed E-state index contributed by atoms with van der Waals surface area (Å²) in [7, 11) is 0. The summed E-state index contributed by atoms with van der Waals surface area (Å²) in [4.78, 5) is 61.4. The van der Waals surface area contributed by atoms with Gasteiger partial charge in [0.25, 0.3) is 17.4 Å². The van der Waals surface area contributed by atoms with Crippen molar-refractivity contribution in [3.63, 3.8) is 0 Å². The molecule has 11 nitrogen and oxygen atoms in total. The lowest BCUT2D eigenvalue weighted by Crippen LogP contribution is -2.59. The Kier molecular flexibility index (Phi) is 8.57. The molecule has 1 saturated carbocycles. The maximum absolute atomic E-state index is 14.4. The number of amides is 4. The fraction of sp³-hybridized carbons (Fsp3) is 0.680. The van der Waals surface area contributed by atoms with Crippen LogP contribution in [0.15, 0.2) is 12.5 Å². The molecule has 4 amide bonds. The van der Waals surface area contributed by atoms with E-state index in [4.69, 9.17) is 11.6 Å². The number of hydrazine groups is 1. The first-order chi connectivity index (χ1) is 18.4. The minimum absolute atomic E-state index is 0.0628. The Bertz CT molecular complexity index is 1120. The minimum atomic E-state index is -2.42. The van der Waals surface area contributed by atoms with Crippen LogP contribution in [-0.4, -0.2) is 80.9 Å². The molecule has 2 aliphatic heterocycles. The quantitative estimate of drug-likeness (QED) is 0.335. The van der Waals surface area contributed by atoms with Crippen molar-refractivity contribution in [2.24, 2.45) is 23.2 Å².